The summed E-state index contributed by atoms with van der Waals surface area (Å²) in [6, 6.07) is 4.44. The van der Waals surface area contributed by atoms with Crippen LogP contribution in [0, 0.1) is 0 Å². The highest BCUT2D eigenvalue weighted by molar-refractivity contribution is 6.32. The second kappa shape index (κ2) is 6.58. The van der Waals surface area contributed by atoms with Gasteiger partial charge in [-0.3, -0.25) is 4.79 Å². The zero-order valence-corrected chi connectivity index (χ0v) is 10.6. The number of rotatable bonds is 3. The molecule has 0 spiro atoms. The first-order valence-electron chi connectivity index (χ1n) is 4.44. The smallest absolute Gasteiger partial charge is 0.240 e. The van der Waals surface area contributed by atoms with E-state index < -0.39 is 6.04 Å². The minimum Gasteiger partial charge on any atom is -0.495 e. The van der Waals surface area contributed by atoms with Crippen LogP contribution in [-0.2, 0) is 4.79 Å². The molecule has 0 aliphatic rings. The molecule has 0 aliphatic heterocycles. The quantitative estimate of drug-likeness (QED) is 0.879. The zero-order valence-electron chi connectivity index (χ0n) is 8.99. The van der Waals surface area contributed by atoms with Gasteiger partial charge >= 0.3 is 0 Å². The first-order chi connectivity index (χ1) is 7.04. The van der Waals surface area contributed by atoms with E-state index in [1.807, 2.05) is 0 Å². The molecular weight excluding hydrogens is 251 g/mol. The Bertz CT molecular complexity index is 370. The van der Waals surface area contributed by atoms with Crippen molar-refractivity contribution in [3.63, 3.8) is 0 Å². The molecule has 4 nitrogen and oxygen atoms in total. The highest BCUT2D eigenvalue weighted by atomic mass is 35.5. The standard InChI is InChI=1S/C10H13ClN2O2.ClH/c1-6(12)10(14)13-7-3-4-9(15-2)8(11)5-7;/h3-6H,12H2,1-2H3,(H,13,14);1H/t6-;/m0./s1. The van der Waals surface area contributed by atoms with Crippen LogP contribution in [0.5, 0.6) is 5.75 Å². The number of methoxy groups -OCH3 is 1. The largest absolute Gasteiger partial charge is 0.495 e. The Balaban J connectivity index is 0.00000225. The molecule has 16 heavy (non-hydrogen) atoms. The first kappa shape index (κ1) is 15.0. The summed E-state index contributed by atoms with van der Waals surface area (Å²) in [4.78, 5) is 11.3. The minimum atomic E-state index is -0.550. The van der Waals surface area contributed by atoms with Gasteiger partial charge in [-0.1, -0.05) is 11.6 Å². The molecule has 0 aliphatic carbocycles. The minimum absolute atomic E-state index is 0. The molecule has 0 unspecified atom stereocenters. The lowest BCUT2D eigenvalue weighted by Gasteiger charge is -2.09. The number of amides is 1. The van der Waals surface area contributed by atoms with Crippen molar-refractivity contribution in [1.29, 1.82) is 0 Å². The van der Waals surface area contributed by atoms with Gasteiger partial charge in [0.05, 0.1) is 18.2 Å². The Morgan fingerprint density at radius 2 is 2.19 bits per heavy atom. The van der Waals surface area contributed by atoms with Crippen LogP contribution in [-0.4, -0.2) is 19.1 Å². The molecule has 0 radical (unpaired) electrons. The van der Waals surface area contributed by atoms with Crippen LogP contribution in [0.1, 0.15) is 6.92 Å². The van der Waals surface area contributed by atoms with Gasteiger partial charge in [0, 0.05) is 5.69 Å². The van der Waals surface area contributed by atoms with E-state index >= 15 is 0 Å². The molecule has 0 fully saturated rings. The summed E-state index contributed by atoms with van der Waals surface area (Å²) in [6.07, 6.45) is 0. The Kier molecular flexibility index (Phi) is 6.18. The molecule has 3 N–H and O–H groups in total. The Morgan fingerprint density at radius 1 is 1.56 bits per heavy atom. The molecule has 0 saturated heterocycles. The number of carbonyl (C=O) groups excluding carboxylic acids is 1. The fourth-order valence-electron chi connectivity index (χ4n) is 1.00. The Morgan fingerprint density at radius 3 is 2.62 bits per heavy atom. The lowest BCUT2D eigenvalue weighted by molar-refractivity contribution is -0.117. The molecule has 1 aromatic carbocycles. The van der Waals surface area contributed by atoms with Crippen LogP contribution in [0.15, 0.2) is 18.2 Å². The number of hydrogen-bond acceptors (Lipinski definition) is 3. The summed E-state index contributed by atoms with van der Waals surface area (Å²) in [5.74, 6) is 0.312. The Hall–Kier alpha value is -0.970. The number of benzene rings is 1. The van der Waals surface area contributed by atoms with Gasteiger partial charge in [-0.25, -0.2) is 0 Å². The highest BCUT2D eigenvalue weighted by Crippen LogP contribution is 2.27. The Labute approximate surface area is 106 Å². The predicted molar refractivity (Wildman–Crippen MR) is 67.5 cm³/mol. The van der Waals surface area contributed by atoms with Crippen molar-refractivity contribution in [1.82, 2.24) is 0 Å². The van der Waals surface area contributed by atoms with Crippen LogP contribution in [0.25, 0.3) is 0 Å². The van der Waals surface area contributed by atoms with E-state index in [2.05, 4.69) is 5.32 Å². The molecule has 6 heteroatoms. The summed E-state index contributed by atoms with van der Waals surface area (Å²) < 4.78 is 4.98. The van der Waals surface area contributed by atoms with E-state index in [4.69, 9.17) is 22.1 Å². The molecule has 0 aromatic heterocycles. The average Bonchev–Trinajstić information content (AvgIpc) is 2.18. The number of halogens is 2. The van der Waals surface area contributed by atoms with Gasteiger partial charge in [-0.15, -0.1) is 12.4 Å². The van der Waals surface area contributed by atoms with Crippen LogP contribution in [0.2, 0.25) is 5.02 Å². The average molecular weight is 265 g/mol. The monoisotopic (exact) mass is 264 g/mol. The van der Waals surface area contributed by atoms with Crippen molar-refractivity contribution >= 4 is 35.6 Å². The summed E-state index contributed by atoms with van der Waals surface area (Å²) in [5.41, 5.74) is 6.01. The van der Waals surface area contributed by atoms with Crippen molar-refractivity contribution < 1.29 is 9.53 Å². The van der Waals surface area contributed by atoms with Gasteiger partial charge < -0.3 is 15.8 Å². The van der Waals surface area contributed by atoms with E-state index in [1.165, 1.54) is 7.11 Å². The van der Waals surface area contributed by atoms with Gasteiger partial charge in [-0.05, 0) is 25.1 Å². The van der Waals surface area contributed by atoms with Gasteiger partial charge in [0.25, 0.3) is 0 Å². The van der Waals surface area contributed by atoms with E-state index in [1.54, 1.807) is 25.1 Å². The fraction of sp³-hybridized carbons (Fsp3) is 0.300. The molecular formula is C10H14Cl2N2O2. The SMILES string of the molecule is COc1ccc(NC(=O)[C@H](C)N)cc1Cl.Cl. The number of anilines is 1. The van der Waals surface area contributed by atoms with Crippen LogP contribution >= 0.6 is 24.0 Å². The van der Waals surface area contributed by atoms with Gasteiger partial charge in [0.1, 0.15) is 5.75 Å². The number of hydrogen-bond donors (Lipinski definition) is 2. The lowest BCUT2D eigenvalue weighted by Crippen LogP contribution is -2.32. The van der Waals surface area contributed by atoms with E-state index in [-0.39, 0.29) is 18.3 Å². The lowest BCUT2D eigenvalue weighted by atomic mass is 10.2. The molecule has 0 heterocycles. The van der Waals surface area contributed by atoms with Crippen molar-refractivity contribution in [3.05, 3.63) is 23.2 Å². The van der Waals surface area contributed by atoms with Crippen molar-refractivity contribution in [2.45, 2.75) is 13.0 Å². The van der Waals surface area contributed by atoms with Crippen LogP contribution in [0.4, 0.5) is 5.69 Å². The second-order valence-corrected chi connectivity index (χ2v) is 3.53. The second-order valence-electron chi connectivity index (χ2n) is 3.13. The normalized spacial score (nSPS) is 11.2. The highest BCUT2D eigenvalue weighted by Gasteiger charge is 2.08. The van der Waals surface area contributed by atoms with E-state index in [0.29, 0.717) is 16.5 Å². The fourth-order valence-corrected chi connectivity index (χ4v) is 1.26. The van der Waals surface area contributed by atoms with E-state index in [9.17, 15) is 4.79 Å². The van der Waals surface area contributed by atoms with Crippen molar-refractivity contribution in [2.75, 3.05) is 12.4 Å². The molecule has 1 rings (SSSR count). The first-order valence-corrected chi connectivity index (χ1v) is 4.82. The van der Waals surface area contributed by atoms with E-state index in [0.717, 1.165) is 0 Å². The maximum Gasteiger partial charge on any atom is 0.240 e. The molecule has 0 bridgehead atoms. The topological polar surface area (TPSA) is 64.3 Å². The molecule has 90 valence electrons. The molecule has 1 atom stereocenters. The summed E-state index contributed by atoms with van der Waals surface area (Å²) in [7, 11) is 1.53. The van der Waals surface area contributed by atoms with Crippen LogP contribution < -0.4 is 15.8 Å². The summed E-state index contributed by atoms with van der Waals surface area (Å²) >= 11 is 5.89. The number of nitrogens with one attached hydrogen (secondary N) is 1. The molecule has 1 amide bonds. The number of carbonyl (C=O) groups is 1. The van der Waals surface area contributed by atoms with Crippen LogP contribution in [0.3, 0.4) is 0 Å². The zero-order chi connectivity index (χ0) is 11.4. The maximum atomic E-state index is 11.3. The molecule has 1 aromatic rings. The van der Waals surface area contributed by atoms with Crippen molar-refractivity contribution in [2.24, 2.45) is 5.73 Å². The van der Waals surface area contributed by atoms with Gasteiger partial charge in [0.2, 0.25) is 5.91 Å². The van der Waals surface area contributed by atoms with Gasteiger partial charge in [0.15, 0.2) is 0 Å². The number of ether oxygens (including phenoxy) is 1. The third-order valence-corrected chi connectivity index (χ3v) is 2.13. The molecule has 0 saturated carbocycles. The van der Waals surface area contributed by atoms with Gasteiger partial charge in [-0.2, -0.15) is 0 Å². The number of nitrogens with two attached hydrogens (primary N) is 1. The third kappa shape index (κ3) is 3.89. The van der Waals surface area contributed by atoms with Crippen molar-refractivity contribution in [3.8, 4) is 5.75 Å². The predicted octanol–water partition coefficient (Wildman–Crippen LogP) is 2.06. The summed E-state index contributed by atoms with van der Waals surface area (Å²) in [6.45, 7) is 1.61. The summed E-state index contributed by atoms with van der Waals surface area (Å²) in [5, 5.41) is 3.07. The maximum absolute atomic E-state index is 11.3. The third-order valence-electron chi connectivity index (χ3n) is 1.83.